The Morgan fingerprint density at radius 2 is 1.66 bits per heavy atom. The highest BCUT2D eigenvalue weighted by molar-refractivity contribution is 6.33. The van der Waals surface area contributed by atoms with E-state index in [1.54, 1.807) is 11.9 Å². The molecule has 1 aliphatic heterocycles. The van der Waals surface area contributed by atoms with Crippen LogP contribution < -0.4 is 10.2 Å². The third-order valence-corrected chi connectivity index (χ3v) is 5.37. The number of nitrogens with zero attached hydrogens (tertiary/aromatic N) is 3. The van der Waals surface area contributed by atoms with Gasteiger partial charge >= 0.3 is 6.03 Å². The van der Waals surface area contributed by atoms with E-state index in [1.165, 1.54) is 0 Å². The number of benzene rings is 2. The molecule has 1 heterocycles. The molecule has 0 radical (unpaired) electrons. The number of amides is 3. The molecule has 154 valence electrons. The van der Waals surface area contributed by atoms with Crippen molar-refractivity contribution in [3.63, 3.8) is 0 Å². The number of hydrogen-bond acceptors (Lipinski definition) is 3. The average molecular weight is 415 g/mol. The van der Waals surface area contributed by atoms with Crippen molar-refractivity contribution >= 4 is 29.2 Å². The third-order valence-electron chi connectivity index (χ3n) is 5.05. The highest BCUT2D eigenvalue weighted by Gasteiger charge is 2.22. The van der Waals surface area contributed by atoms with Gasteiger partial charge in [-0.25, -0.2) is 4.79 Å². The van der Waals surface area contributed by atoms with Gasteiger partial charge in [-0.15, -0.1) is 0 Å². The van der Waals surface area contributed by atoms with Gasteiger partial charge in [-0.2, -0.15) is 0 Å². The minimum Gasteiger partial charge on any atom is -0.367 e. The lowest BCUT2D eigenvalue weighted by molar-refractivity contribution is -0.131. The second-order valence-corrected chi connectivity index (χ2v) is 7.55. The van der Waals surface area contributed by atoms with E-state index < -0.39 is 0 Å². The molecule has 3 amide bonds. The van der Waals surface area contributed by atoms with Crippen molar-refractivity contribution in [1.29, 1.82) is 0 Å². The van der Waals surface area contributed by atoms with Crippen LogP contribution in [0, 0.1) is 0 Å². The molecular formula is C22H27ClN4O2. The summed E-state index contributed by atoms with van der Waals surface area (Å²) in [5, 5.41) is 3.56. The summed E-state index contributed by atoms with van der Waals surface area (Å²) in [4.78, 5) is 30.3. The number of para-hydroxylation sites is 1. The summed E-state index contributed by atoms with van der Waals surface area (Å²) in [7, 11) is 1.75. The highest BCUT2D eigenvalue weighted by Crippen LogP contribution is 2.26. The quantitative estimate of drug-likeness (QED) is 0.789. The minimum absolute atomic E-state index is 0.0646. The molecule has 0 saturated carbocycles. The first-order valence-electron chi connectivity index (χ1n) is 9.85. The van der Waals surface area contributed by atoms with Gasteiger partial charge in [0.05, 0.1) is 10.7 Å². The molecule has 0 spiro atoms. The van der Waals surface area contributed by atoms with E-state index in [-0.39, 0.29) is 11.9 Å². The fourth-order valence-corrected chi connectivity index (χ4v) is 3.66. The Kier molecular flexibility index (Phi) is 7.36. The van der Waals surface area contributed by atoms with Gasteiger partial charge in [0.15, 0.2) is 0 Å². The van der Waals surface area contributed by atoms with E-state index in [4.69, 9.17) is 11.6 Å². The van der Waals surface area contributed by atoms with E-state index >= 15 is 0 Å². The van der Waals surface area contributed by atoms with Gasteiger partial charge in [0.2, 0.25) is 5.91 Å². The SMILES string of the molecule is CN(Cc1ccccc1)C(=O)NCCC(=O)N1CCN(c2ccccc2Cl)CC1. The van der Waals surface area contributed by atoms with Crippen LogP contribution in [0.2, 0.25) is 5.02 Å². The Hall–Kier alpha value is -2.73. The van der Waals surface area contributed by atoms with E-state index in [1.807, 2.05) is 59.5 Å². The Bertz CT molecular complexity index is 823. The van der Waals surface area contributed by atoms with Crippen molar-refractivity contribution in [3.05, 3.63) is 65.2 Å². The molecule has 1 fully saturated rings. The minimum atomic E-state index is -0.176. The first-order valence-corrected chi connectivity index (χ1v) is 10.2. The van der Waals surface area contributed by atoms with Crippen molar-refractivity contribution in [1.82, 2.24) is 15.1 Å². The zero-order valence-corrected chi connectivity index (χ0v) is 17.4. The molecule has 0 unspecified atom stereocenters. The zero-order chi connectivity index (χ0) is 20.6. The topological polar surface area (TPSA) is 55.9 Å². The molecule has 7 heteroatoms. The predicted octanol–water partition coefficient (Wildman–Crippen LogP) is 3.22. The van der Waals surface area contributed by atoms with E-state index in [0.717, 1.165) is 29.4 Å². The van der Waals surface area contributed by atoms with Crippen LogP contribution in [-0.2, 0) is 11.3 Å². The Labute approximate surface area is 177 Å². The number of anilines is 1. The second kappa shape index (κ2) is 10.2. The number of piperazine rings is 1. The van der Waals surface area contributed by atoms with Crippen LogP contribution >= 0.6 is 11.6 Å². The Morgan fingerprint density at radius 1 is 1.00 bits per heavy atom. The maximum Gasteiger partial charge on any atom is 0.317 e. The largest absolute Gasteiger partial charge is 0.367 e. The molecule has 29 heavy (non-hydrogen) atoms. The zero-order valence-electron chi connectivity index (χ0n) is 16.7. The highest BCUT2D eigenvalue weighted by atomic mass is 35.5. The van der Waals surface area contributed by atoms with Gasteiger partial charge in [0.25, 0.3) is 0 Å². The van der Waals surface area contributed by atoms with Crippen molar-refractivity contribution < 1.29 is 9.59 Å². The molecule has 0 bridgehead atoms. The Balaban J connectivity index is 1.38. The van der Waals surface area contributed by atoms with Gasteiger partial charge in [-0.1, -0.05) is 54.1 Å². The maximum absolute atomic E-state index is 12.5. The maximum atomic E-state index is 12.5. The normalized spacial score (nSPS) is 13.9. The molecular weight excluding hydrogens is 388 g/mol. The summed E-state index contributed by atoms with van der Waals surface area (Å²) in [6.07, 6.45) is 0.303. The Morgan fingerprint density at radius 3 is 2.34 bits per heavy atom. The number of halogens is 1. The molecule has 0 aliphatic carbocycles. The van der Waals surface area contributed by atoms with Crippen LogP contribution in [0.3, 0.4) is 0 Å². The summed E-state index contributed by atoms with van der Waals surface area (Å²) in [5.74, 6) is 0.0646. The van der Waals surface area contributed by atoms with Crippen LogP contribution in [0.25, 0.3) is 0 Å². The number of hydrogen-bond donors (Lipinski definition) is 1. The van der Waals surface area contributed by atoms with Crippen molar-refractivity contribution in [2.75, 3.05) is 44.7 Å². The van der Waals surface area contributed by atoms with Gasteiger partial charge in [-0.05, 0) is 17.7 Å². The molecule has 2 aromatic rings. The first kappa shape index (κ1) is 21.0. The van der Waals surface area contributed by atoms with Gasteiger partial charge < -0.3 is 20.0 Å². The summed E-state index contributed by atoms with van der Waals surface area (Å²) in [5.41, 5.74) is 2.08. The number of urea groups is 1. The van der Waals surface area contributed by atoms with Crippen molar-refractivity contribution in [2.45, 2.75) is 13.0 Å². The number of carbonyl (C=O) groups is 2. The first-order chi connectivity index (χ1) is 14.0. The van der Waals surface area contributed by atoms with E-state index in [0.29, 0.717) is 32.6 Å². The molecule has 3 rings (SSSR count). The molecule has 2 aromatic carbocycles. The monoisotopic (exact) mass is 414 g/mol. The average Bonchev–Trinajstić information content (AvgIpc) is 2.75. The lowest BCUT2D eigenvalue weighted by atomic mass is 10.2. The molecule has 6 nitrogen and oxygen atoms in total. The van der Waals surface area contributed by atoms with Gasteiger partial charge in [0, 0.05) is 52.7 Å². The number of carbonyl (C=O) groups excluding carboxylic acids is 2. The third kappa shape index (κ3) is 5.87. The van der Waals surface area contributed by atoms with Crippen LogP contribution in [0.1, 0.15) is 12.0 Å². The van der Waals surface area contributed by atoms with Crippen LogP contribution in [0.15, 0.2) is 54.6 Å². The van der Waals surface area contributed by atoms with Crippen LogP contribution in [-0.4, -0.2) is 61.5 Å². The number of rotatable bonds is 6. The van der Waals surface area contributed by atoms with Crippen molar-refractivity contribution in [3.8, 4) is 0 Å². The summed E-state index contributed by atoms with van der Waals surface area (Å²) < 4.78 is 0. The second-order valence-electron chi connectivity index (χ2n) is 7.14. The fourth-order valence-electron chi connectivity index (χ4n) is 3.40. The predicted molar refractivity (Wildman–Crippen MR) is 116 cm³/mol. The van der Waals surface area contributed by atoms with Gasteiger partial charge in [-0.3, -0.25) is 4.79 Å². The van der Waals surface area contributed by atoms with E-state index in [2.05, 4.69) is 10.2 Å². The summed E-state index contributed by atoms with van der Waals surface area (Å²) in [6.45, 7) is 3.69. The van der Waals surface area contributed by atoms with Crippen LogP contribution in [0.5, 0.6) is 0 Å². The summed E-state index contributed by atoms with van der Waals surface area (Å²) in [6, 6.07) is 17.4. The standard InChI is InChI=1S/C22H27ClN4O2/c1-25(17-18-7-3-2-4-8-18)22(29)24-12-11-21(28)27-15-13-26(14-16-27)20-10-6-5-9-19(20)23/h2-10H,11-17H2,1H3,(H,24,29). The lowest BCUT2D eigenvalue weighted by Gasteiger charge is -2.36. The molecule has 1 N–H and O–H groups in total. The smallest absolute Gasteiger partial charge is 0.317 e. The number of nitrogens with one attached hydrogen (secondary N) is 1. The van der Waals surface area contributed by atoms with Crippen molar-refractivity contribution in [2.24, 2.45) is 0 Å². The molecule has 1 aliphatic rings. The fraction of sp³-hybridized carbons (Fsp3) is 0.364. The lowest BCUT2D eigenvalue weighted by Crippen LogP contribution is -2.49. The van der Waals surface area contributed by atoms with Gasteiger partial charge in [0.1, 0.15) is 0 Å². The molecule has 0 atom stereocenters. The van der Waals surface area contributed by atoms with Crippen LogP contribution in [0.4, 0.5) is 10.5 Å². The molecule has 0 aromatic heterocycles. The summed E-state index contributed by atoms with van der Waals surface area (Å²) >= 11 is 6.26. The molecule has 1 saturated heterocycles. The van der Waals surface area contributed by atoms with E-state index in [9.17, 15) is 9.59 Å².